The molecular weight excluding hydrogens is 369 g/mol. The van der Waals surface area contributed by atoms with Crippen LogP contribution in [0.4, 0.5) is 18.9 Å². The molecule has 2 aromatic carbocycles. The maximum absolute atomic E-state index is 12.3. The third kappa shape index (κ3) is 5.93. The Kier molecular flexibility index (Phi) is 6.41. The van der Waals surface area contributed by atoms with Gasteiger partial charge in [0.15, 0.2) is 0 Å². The fourth-order valence-corrected chi connectivity index (χ4v) is 2.18. The summed E-state index contributed by atoms with van der Waals surface area (Å²) in [4.78, 5) is 22.8. The summed E-state index contributed by atoms with van der Waals surface area (Å²) in [7, 11) is 0. The van der Waals surface area contributed by atoms with Crippen molar-refractivity contribution in [3.63, 3.8) is 0 Å². The Hall–Kier alpha value is -2.80. The molecule has 0 heterocycles. The Balaban J connectivity index is 1.93. The van der Waals surface area contributed by atoms with Crippen LogP contribution >= 0.6 is 11.6 Å². The Morgan fingerprint density at radius 1 is 1.08 bits per heavy atom. The molecule has 0 spiro atoms. The molecule has 0 aliphatic rings. The zero-order chi connectivity index (χ0) is 19.2. The lowest BCUT2D eigenvalue weighted by Gasteiger charge is -2.09. The van der Waals surface area contributed by atoms with Gasteiger partial charge in [0.05, 0.1) is 0 Å². The number of amides is 2. The van der Waals surface area contributed by atoms with Crippen LogP contribution < -0.4 is 10.6 Å². The van der Waals surface area contributed by atoms with E-state index in [9.17, 15) is 22.8 Å². The SMILES string of the molecule is O=C(/C=C/c1ccccc1Cl)NCc1cccc(NC(=O)C(F)(F)F)c1. The molecule has 0 aliphatic heterocycles. The fraction of sp³-hybridized carbons (Fsp3) is 0.111. The number of carbonyl (C=O) groups excluding carboxylic acids is 2. The van der Waals surface area contributed by atoms with Gasteiger partial charge in [0.25, 0.3) is 0 Å². The van der Waals surface area contributed by atoms with Gasteiger partial charge in [-0.15, -0.1) is 0 Å². The van der Waals surface area contributed by atoms with Gasteiger partial charge in [0.2, 0.25) is 5.91 Å². The molecule has 2 N–H and O–H groups in total. The van der Waals surface area contributed by atoms with Crippen LogP contribution in [-0.2, 0) is 16.1 Å². The van der Waals surface area contributed by atoms with Crippen LogP contribution in [0.1, 0.15) is 11.1 Å². The third-order valence-corrected chi connectivity index (χ3v) is 3.57. The van der Waals surface area contributed by atoms with Gasteiger partial charge in [-0.2, -0.15) is 13.2 Å². The molecule has 0 aromatic heterocycles. The number of benzene rings is 2. The first kappa shape index (κ1) is 19.5. The molecule has 0 unspecified atom stereocenters. The molecule has 8 heteroatoms. The lowest BCUT2D eigenvalue weighted by atomic mass is 10.2. The second-order valence-corrected chi connectivity index (χ2v) is 5.63. The van der Waals surface area contributed by atoms with E-state index in [0.29, 0.717) is 16.1 Å². The van der Waals surface area contributed by atoms with Crippen LogP contribution in [0.2, 0.25) is 5.02 Å². The highest BCUT2D eigenvalue weighted by atomic mass is 35.5. The first-order chi connectivity index (χ1) is 12.3. The summed E-state index contributed by atoms with van der Waals surface area (Å²) in [5.41, 5.74) is 1.20. The molecule has 26 heavy (non-hydrogen) atoms. The molecule has 2 amide bonds. The van der Waals surface area contributed by atoms with E-state index in [4.69, 9.17) is 11.6 Å². The minimum absolute atomic E-state index is 0.00863. The minimum atomic E-state index is -4.96. The molecule has 0 bridgehead atoms. The number of alkyl halides is 3. The van der Waals surface area contributed by atoms with Crippen molar-refractivity contribution in [2.24, 2.45) is 0 Å². The lowest BCUT2D eigenvalue weighted by molar-refractivity contribution is -0.167. The largest absolute Gasteiger partial charge is 0.471 e. The van der Waals surface area contributed by atoms with Crippen LogP contribution in [0.3, 0.4) is 0 Å². The van der Waals surface area contributed by atoms with E-state index < -0.39 is 18.0 Å². The molecule has 0 saturated heterocycles. The summed E-state index contributed by atoms with van der Waals surface area (Å²) in [6.45, 7) is 0.0847. The van der Waals surface area contributed by atoms with Crippen molar-refractivity contribution >= 4 is 35.2 Å². The molecule has 0 radical (unpaired) electrons. The normalized spacial score (nSPS) is 11.4. The van der Waals surface area contributed by atoms with Crippen molar-refractivity contribution in [2.45, 2.75) is 12.7 Å². The first-order valence-electron chi connectivity index (χ1n) is 7.43. The topological polar surface area (TPSA) is 58.2 Å². The monoisotopic (exact) mass is 382 g/mol. The van der Waals surface area contributed by atoms with Crippen molar-refractivity contribution in [1.29, 1.82) is 0 Å². The Morgan fingerprint density at radius 3 is 2.50 bits per heavy atom. The van der Waals surface area contributed by atoms with Crippen molar-refractivity contribution in [1.82, 2.24) is 5.32 Å². The third-order valence-electron chi connectivity index (χ3n) is 3.23. The van der Waals surface area contributed by atoms with Gasteiger partial charge in [0, 0.05) is 23.3 Å². The van der Waals surface area contributed by atoms with E-state index in [1.54, 1.807) is 41.7 Å². The molecule has 2 aromatic rings. The minimum Gasteiger partial charge on any atom is -0.348 e. The highest BCUT2D eigenvalue weighted by molar-refractivity contribution is 6.32. The highest BCUT2D eigenvalue weighted by Gasteiger charge is 2.38. The maximum atomic E-state index is 12.3. The zero-order valence-corrected chi connectivity index (χ0v) is 14.1. The van der Waals surface area contributed by atoms with Crippen LogP contribution in [0, 0.1) is 0 Å². The predicted octanol–water partition coefficient (Wildman–Crippen LogP) is 4.17. The van der Waals surface area contributed by atoms with Gasteiger partial charge >= 0.3 is 12.1 Å². The van der Waals surface area contributed by atoms with Gasteiger partial charge < -0.3 is 10.6 Å². The van der Waals surface area contributed by atoms with Gasteiger partial charge in [-0.1, -0.05) is 41.9 Å². The number of carbonyl (C=O) groups is 2. The van der Waals surface area contributed by atoms with Crippen molar-refractivity contribution in [3.8, 4) is 0 Å². The maximum Gasteiger partial charge on any atom is 0.471 e. The van der Waals surface area contributed by atoms with Gasteiger partial charge in [-0.3, -0.25) is 9.59 Å². The van der Waals surface area contributed by atoms with Crippen molar-refractivity contribution in [2.75, 3.05) is 5.32 Å². The molecule has 4 nitrogen and oxygen atoms in total. The average Bonchev–Trinajstić information content (AvgIpc) is 2.59. The Bertz CT molecular complexity index is 835. The smallest absolute Gasteiger partial charge is 0.348 e. The number of hydrogen-bond acceptors (Lipinski definition) is 2. The predicted molar refractivity (Wildman–Crippen MR) is 93.5 cm³/mol. The zero-order valence-electron chi connectivity index (χ0n) is 13.3. The number of halogens is 4. The first-order valence-corrected chi connectivity index (χ1v) is 7.81. The average molecular weight is 383 g/mol. The van der Waals surface area contributed by atoms with E-state index in [1.165, 1.54) is 24.3 Å². The van der Waals surface area contributed by atoms with Crippen LogP contribution in [0.15, 0.2) is 54.6 Å². The van der Waals surface area contributed by atoms with E-state index in [2.05, 4.69) is 5.32 Å². The number of nitrogens with one attached hydrogen (secondary N) is 2. The summed E-state index contributed by atoms with van der Waals surface area (Å²) in [6.07, 6.45) is -2.11. The number of hydrogen-bond donors (Lipinski definition) is 2. The lowest BCUT2D eigenvalue weighted by Crippen LogP contribution is -2.30. The van der Waals surface area contributed by atoms with Crippen molar-refractivity contribution < 1.29 is 22.8 Å². The quantitative estimate of drug-likeness (QED) is 0.762. The van der Waals surface area contributed by atoms with Crippen LogP contribution in [0.5, 0.6) is 0 Å². The van der Waals surface area contributed by atoms with Crippen molar-refractivity contribution in [3.05, 3.63) is 70.8 Å². The number of anilines is 1. The second-order valence-electron chi connectivity index (χ2n) is 5.22. The molecule has 0 fully saturated rings. The van der Waals surface area contributed by atoms with E-state index in [-0.39, 0.29) is 12.2 Å². The van der Waals surface area contributed by atoms with Gasteiger partial charge in [-0.05, 0) is 35.4 Å². The molecule has 2 rings (SSSR count). The van der Waals surface area contributed by atoms with E-state index in [1.807, 2.05) is 0 Å². The summed E-state index contributed by atoms with van der Waals surface area (Å²) < 4.78 is 36.8. The standard InChI is InChI=1S/C18H14ClF3N2O2/c19-15-7-2-1-5-13(15)8-9-16(25)23-11-12-4-3-6-14(10-12)24-17(26)18(20,21)22/h1-10H,11H2,(H,23,25)(H,24,26)/b9-8+. The summed E-state index contributed by atoms with van der Waals surface area (Å²) in [5, 5.41) is 4.86. The molecular formula is C18H14ClF3N2O2. The Labute approximate surface area is 152 Å². The van der Waals surface area contributed by atoms with Crippen LogP contribution in [0.25, 0.3) is 6.08 Å². The summed E-state index contributed by atoms with van der Waals surface area (Å²) in [5.74, 6) is -2.45. The summed E-state index contributed by atoms with van der Waals surface area (Å²) in [6, 6.07) is 12.8. The fourth-order valence-electron chi connectivity index (χ4n) is 1.98. The molecule has 136 valence electrons. The van der Waals surface area contributed by atoms with E-state index in [0.717, 1.165) is 0 Å². The van der Waals surface area contributed by atoms with Gasteiger partial charge in [0.1, 0.15) is 0 Å². The molecule has 0 aliphatic carbocycles. The Morgan fingerprint density at radius 2 is 1.81 bits per heavy atom. The highest BCUT2D eigenvalue weighted by Crippen LogP contribution is 2.19. The summed E-state index contributed by atoms with van der Waals surface area (Å²) >= 11 is 5.97. The van der Waals surface area contributed by atoms with E-state index >= 15 is 0 Å². The molecule has 0 atom stereocenters. The second kappa shape index (κ2) is 8.53. The van der Waals surface area contributed by atoms with Gasteiger partial charge in [-0.25, -0.2) is 0 Å². The number of rotatable bonds is 5. The van der Waals surface area contributed by atoms with Crippen LogP contribution in [-0.4, -0.2) is 18.0 Å². The molecule has 0 saturated carbocycles.